The van der Waals surface area contributed by atoms with Crippen LogP contribution in [0.15, 0.2) is 30.3 Å². The zero-order valence-electron chi connectivity index (χ0n) is 13.2. The molecule has 122 valence electrons. The van der Waals surface area contributed by atoms with E-state index in [1.165, 1.54) is 16.9 Å². The fourth-order valence-corrected chi connectivity index (χ4v) is 3.86. The average Bonchev–Trinajstić information content (AvgIpc) is 3.01. The lowest BCUT2D eigenvalue weighted by atomic mass is 10.0. The summed E-state index contributed by atoms with van der Waals surface area (Å²) >= 11 is 1.38. The summed E-state index contributed by atoms with van der Waals surface area (Å²) in [6, 6.07) is 10.2. The Hall–Kier alpha value is -1.69. The van der Waals surface area contributed by atoms with Crippen LogP contribution >= 0.6 is 11.3 Å². The van der Waals surface area contributed by atoms with Crippen molar-refractivity contribution in [1.29, 1.82) is 0 Å². The topological polar surface area (TPSA) is 49.8 Å². The van der Waals surface area contributed by atoms with Gasteiger partial charge in [0, 0.05) is 24.5 Å². The maximum atomic E-state index is 11.2. The molecule has 0 aliphatic carbocycles. The van der Waals surface area contributed by atoms with Crippen LogP contribution in [0.2, 0.25) is 0 Å². The Morgan fingerprint density at radius 1 is 1.30 bits per heavy atom. The van der Waals surface area contributed by atoms with Crippen LogP contribution in [-0.2, 0) is 17.7 Å². The molecule has 1 N–H and O–H groups in total. The van der Waals surface area contributed by atoms with Crippen LogP contribution in [0.5, 0.6) is 0 Å². The molecule has 0 saturated carbocycles. The number of rotatable bonds is 5. The van der Waals surface area contributed by atoms with Crippen molar-refractivity contribution < 1.29 is 14.6 Å². The molecule has 0 unspecified atom stereocenters. The van der Waals surface area contributed by atoms with Gasteiger partial charge in [0.1, 0.15) is 4.88 Å². The van der Waals surface area contributed by atoms with E-state index in [4.69, 9.17) is 4.74 Å². The first-order valence-corrected chi connectivity index (χ1v) is 8.74. The van der Waals surface area contributed by atoms with Crippen molar-refractivity contribution in [2.24, 2.45) is 0 Å². The monoisotopic (exact) mass is 331 g/mol. The Kier molecular flexibility index (Phi) is 5.10. The van der Waals surface area contributed by atoms with E-state index in [2.05, 4.69) is 36.1 Å². The molecular formula is C18H21NO3S. The molecule has 3 rings (SSSR count). The quantitative estimate of drug-likeness (QED) is 0.911. The Bertz CT molecular complexity index is 689. The summed E-state index contributed by atoms with van der Waals surface area (Å²) in [5.41, 5.74) is 3.42. The third-order valence-electron chi connectivity index (χ3n) is 4.09. The van der Waals surface area contributed by atoms with Crippen molar-refractivity contribution in [1.82, 2.24) is 4.90 Å². The summed E-state index contributed by atoms with van der Waals surface area (Å²) in [5.74, 6) is -0.847. The first-order valence-electron chi connectivity index (χ1n) is 7.92. The third kappa shape index (κ3) is 3.80. The number of carboxylic acids is 1. The van der Waals surface area contributed by atoms with Crippen molar-refractivity contribution in [3.05, 3.63) is 45.6 Å². The lowest BCUT2D eigenvalue weighted by Gasteiger charge is -2.26. The second-order valence-corrected chi connectivity index (χ2v) is 6.83. The van der Waals surface area contributed by atoms with Gasteiger partial charge >= 0.3 is 5.97 Å². The van der Waals surface area contributed by atoms with Gasteiger partial charge in [-0.2, -0.15) is 0 Å². The Labute approximate surface area is 140 Å². The number of thiophene rings is 1. The van der Waals surface area contributed by atoms with Crippen molar-refractivity contribution in [3.8, 4) is 11.1 Å². The highest BCUT2D eigenvalue weighted by atomic mass is 32.1. The molecule has 0 bridgehead atoms. The molecule has 23 heavy (non-hydrogen) atoms. The van der Waals surface area contributed by atoms with Crippen LogP contribution in [-0.4, -0.2) is 42.3 Å². The summed E-state index contributed by atoms with van der Waals surface area (Å²) < 4.78 is 5.39. The number of hydrogen-bond acceptors (Lipinski definition) is 4. The van der Waals surface area contributed by atoms with Crippen LogP contribution in [0.4, 0.5) is 0 Å². The molecule has 0 radical (unpaired) electrons. The summed E-state index contributed by atoms with van der Waals surface area (Å²) in [5, 5.41) is 9.23. The van der Waals surface area contributed by atoms with E-state index in [0.717, 1.165) is 55.3 Å². The smallest absolute Gasteiger partial charge is 0.345 e. The number of aromatic carboxylic acids is 1. The van der Waals surface area contributed by atoms with Crippen LogP contribution in [0.25, 0.3) is 11.1 Å². The standard InChI is InChI=1S/C18H21NO3S/c1-2-16-15(11-17(23-16)18(20)21)14-5-3-4-13(10-14)12-19-6-8-22-9-7-19/h3-5,10-11H,2,6-9,12H2,1H3,(H,20,21). The minimum Gasteiger partial charge on any atom is -0.477 e. The van der Waals surface area contributed by atoms with Gasteiger partial charge in [-0.1, -0.05) is 25.1 Å². The summed E-state index contributed by atoms with van der Waals surface area (Å²) in [7, 11) is 0. The van der Waals surface area contributed by atoms with Gasteiger partial charge in [-0.15, -0.1) is 11.3 Å². The number of nitrogens with zero attached hydrogens (tertiary/aromatic N) is 1. The van der Waals surface area contributed by atoms with E-state index in [1.54, 1.807) is 6.07 Å². The first-order chi connectivity index (χ1) is 11.2. The number of carboxylic acid groups (broad SMARTS) is 1. The molecular weight excluding hydrogens is 310 g/mol. The third-order valence-corrected chi connectivity index (χ3v) is 5.36. The highest BCUT2D eigenvalue weighted by Gasteiger charge is 2.15. The Morgan fingerprint density at radius 3 is 2.78 bits per heavy atom. The predicted octanol–water partition coefficient (Wildman–Crippen LogP) is 3.51. The second kappa shape index (κ2) is 7.25. The van der Waals surface area contributed by atoms with Gasteiger partial charge < -0.3 is 9.84 Å². The fourth-order valence-electron chi connectivity index (χ4n) is 2.90. The van der Waals surface area contributed by atoms with Gasteiger partial charge in [-0.05, 0) is 35.2 Å². The van der Waals surface area contributed by atoms with Crippen LogP contribution < -0.4 is 0 Å². The number of benzene rings is 1. The zero-order chi connectivity index (χ0) is 16.2. The molecule has 1 aliphatic rings. The van der Waals surface area contributed by atoms with E-state index >= 15 is 0 Å². The van der Waals surface area contributed by atoms with Gasteiger partial charge in [0.05, 0.1) is 13.2 Å². The van der Waals surface area contributed by atoms with E-state index in [0.29, 0.717) is 4.88 Å². The zero-order valence-corrected chi connectivity index (χ0v) is 14.1. The molecule has 0 atom stereocenters. The van der Waals surface area contributed by atoms with Crippen molar-refractivity contribution in [2.75, 3.05) is 26.3 Å². The predicted molar refractivity (Wildman–Crippen MR) is 92.2 cm³/mol. The van der Waals surface area contributed by atoms with Gasteiger partial charge in [0.2, 0.25) is 0 Å². The minimum absolute atomic E-state index is 0.412. The van der Waals surface area contributed by atoms with Crippen molar-refractivity contribution >= 4 is 17.3 Å². The first kappa shape index (κ1) is 16.2. The highest BCUT2D eigenvalue weighted by molar-refractivity contribution is 7.14. The molecule has 4 nitrogen and oxygen atoms in total. The maximum Gasteiger partial charge on any atom is 0.345 e. The molecule has 1 fully saturated rings. The molecule has 1 aromatic carbocycles. The Balaban J connectivity index is 1.85. The normalized spacial score (nSPS) is 15.7. The van der Waals surface area contributed by atoms with Crippen LogP contribution in [0.3, 0.4) is 0 Å². The highest BCUT2D eigenvalue weighted by Crippen LogP contribution is 2.32. The minimum atomic E-state index is -0.847. The largest absolute Gasteiger partial charge is 0.477 e. The van der Waals surface area contributed by atoms with E-state index in [1.807, 2.05) is 0 Å². The second-order valence-electron chi connectivity index (χ2n) is 5.70. The fraction of sp³-hybridized carbons (Fsp3) is 0.389. The average molecular weight is 331 g/mol. The van der Waals surface area contributed by atoms with Gasteiger partial charge in [-0.25, -0.2) is 4.79 Å². The lowest BCUT2D eigenvalue weighted by Crippen LogP contribution is -2.35. The molecule has 0 spiro atoms. The molecule has 2 aromatic rings. The van der Waals surface area contributed by atoms with Crippen LogP contribution in [0, 0.1) is 0 Å². The van der Waals surface area contributed by atoms with Crippen LogP contribution in [0.1, 0.15) is 27.0 Å². The number of hydrogen-bond donors (Lipinski definition) is 1. The summed E-state index contributed by atoms with van der Waals surface area (Å²) in [6.45, 7) is 6.50. The number of aryl methyl sites for hydroxylation is 1. The summed E-state index contributed by atoms with van der Waals surface area (Å²) in [6.07, 6.45) is 0.848. The molecule has 1 aromatic heterocycles. The van der Waals surface area contributed by atoms with E-state index in [-0.39, 0.29) is 0 Å². The van der Waals surface area contributed by atoms with Crippen molar-refractivity contribution in [3.63, 3.8) is 0 Å². The van der Waals surface area contributed by atoms with Gasteiger partial charge in [-0.3, -0.25) is 4.90 Å². The summed E-state index contributed by atoms with van der Waals surface area (Å²) in [4.78, 5) is 15.2. The number of carbonyl (C=O) groups is 1. The lowest BCUT2D eigenvalue weighted by molar-refractivity contribution is 0.0342. The molecule has 5 heteroatoms. The number of ether oxygens (including phenoxy) is 1. The van der Waals surface area contributed by atoms with Crippen molar-refractivity contribution in [2.45, 2.75) is 19.9 Å². The molecule has 1 saturated heterocycles. The molecule has 2 heterocycles. The molecule has 1 aliphatic heterocycles. The SMILES string of the molecule is CCc1sc(C(=O)O)cc1-c1cccc(CN2CCOCC2)c1. The van der Waals surface area contributed by atoms with E-state index < -0.39 is 5.97 Å². The maximum absolute atomic E-state index is 11.2. The van der Waals surface area contributed by atoms with Gasteiger partial charge in [0.25, 0.3) is 0 Å². The van der Waals surface area contributed by atoms with Gasteiger partial charge in [0.15, 0.2) is 0 Å². The number of morpholine rings is 1. The Morgan fingerprint density at radius 2 is 2.09 bits per heavy atom. The molecule has 0 amide bonds. The van der Waals surface area contributed by atoms with E-state index in [9.17, 15) is 9.90 Å².